The average molecular weight is 325 g/mol. The number of aromatic nitrogens is 3. The fourth-order valence-electron chi connectivity index (χ4n) is 2.16. The molecule has 6 heteroatoms. The smallest absolute Gasteiger partial charge is 0.358 e. The minimum atomic E-state index is -1.06. The molecule has 1 aromatic heterocycles. The van der Waals surface area contributed by atoms with Gasteiger partial charge < -0.3 is 5.11 Å². The van der Waals surface area contributed by atoms with Crippen LogP contribution in [0.15, 0.2) is 59.5 Å². The van der Waals surface area contributed by atoms with Crippen LogP contribution in [0.2, 0.25) is 0 Å². The Morgan fingerprint density at radius 3 is 2.48 bits per heavy atom. The van der Waals surface area contributed by atoms with Crippen molar-refractivity contribution in [2.75, 3.05) is 0 Å². The highest BCUT2D eigenvalue weighted by Crippen LogP contribution is 2.25. The summed E-state index contributed by atoms with van der Waals surface area (Å²) in [5.74, 6) is -0.584. The molecular weight excluding hydrogens is 310 g/mol. The minimum absolute atomic E-state index is 0.00605. The number of hydrogen-bond acceptors (Lipinski definition) is 4. The largest absolute Gasteiger partial charge is 0.476 e. The van der Waals surface area contributed by atoms with Gasteiger partial charge in [-0.15, -0.1) is 16.9 Å². The van der Waals surface area contributed by atoms with Gasteiger partial charge >= 0.3 is 5.97 Å². The second-order valence-electron chi connectivity index (χ2n) is 5.04. The molecule has 3 aromatic rings. The van der Waals surface area contributed by atoms with Crippen molar-refractivity contribution in [1.29, 1.82) is 0 Å². The molecule has 0 bridgehead atoms. The van der Waals surface area contributed by atoms with Gasteiger partial charge in [-0.05, 0) is 31.2 Å². The monoisotopic (exact) mass is 325 g/mol. The molecule has 0 radical (unpaired) electrons. The highest BCUT2D eigenvalue weighted by atomic mass is 32.2. The Bertz CT molecular complexity index is 814. The fourth-order valence-corrected chi connectivity index (χ4v) is 3.05. The minimum Gasteiger partial charge on any atom is -0.476 e. The standard InChI is InChI=1S/C17H15N3O2S/c1-12-7-9-14(10-8-12)23-11-15-16(17(21)22)18-19-20(15)13-5-3-2-4-6-13/h2-10H,11H2,1H3,(H,21,22). The van der Waals surface area contributed by atoms with E-state index in [9.17, 15) is 9.90 Å². The summed E-state index contributed by atoms with van der Waals surface area (Å²) in [7, 11) is 0. The maximum Gasteiger partial charge on any atom is 0.358 e. The Morgan fingerprint density at radius 2 is 1.83 bits per heavy atom. The van der Waals surface area contributed by atoms with Crippen molar-refractivity contribution in [3.8, 4) is 5.69 Å². The second-order valence-corrected chi connectivity index (χ2v) is 6.09. The van der Waals surface area contributed by atoms with Gasteiger partial charge in [-0.1, -0.05) is 41.1 Å². The number of hydrogen-bond donors (Lipinski definition) is 1. The molecule has 0 aliphatic heterocycles. The Hall–Kier alpha value is -2.60. The number of benzene rings is 2. The lowest BCUT2D eigenvalue weighted by Gasteiger charge is -2.07. The molecule has 0 aliphatic carbocycles. The van der Waals surface area contributed by atoms with Crippen LogP contribution in [-0.2, 0) is 5.75 Å². The van der Waals surface area contributed by atoms with E-state index in [2.05, 4.69) is 10.3 Å². The summed E-state index contributed by atoms with van der Waals surface area (Å²) in [6, 6.07) is 17.5. The molecule has 116 valence electrons. The van der Waals surface area contributed by atoms with Gasteiger partial charge in [0.25, 0.3) is 0 Å². The lowest BCUT2D eigenvalue weighted by Crippen LogP contribution is -2.05. The quantitative estimate of drug-likeness (QED) is 0.726. The third-order valence-corrected chi connectivity index (χ3v) is 4.39. The van der Waals surface area contributed by atoms with Crippen LogP contribution < -0.4 is 0 Å². The number of para-hydroxylation sites is 1. The molecule has 3 rings (SSSR count). The van der Waals surface area contributed by atoms with Crippen LogP contribution in [0.5, 0.6) is 0 Å². The average Bonchev–Trinajstić information content (AvgIpc) is 2.99. The normalized spacial score (nSPS) is 10.7. The first-order chi connectivity index (χ1) is 11.1. The molecular formula is C17H15N3O2S. The Morgan fingerprint density at radius 1 is 1.13 bits per heavy atom. The van der Waals surface area contributed by atoms with E-state index in [1.807, 2.05) is 61.5 Å². The van der Waals surface area contributed by atoms with Crippen molar-refractivity contribution < 1.29 is 9.90 Å². The summed E-state index contributed by atoms with van der Waals surface area (Å²) >= 11 is 1.56. The maximum absolute atomic E-state index is 11.4. The molecule has 0 unspecified atom stereocenters. The molecule has 23 heavy (non-hydrogen) atoms. The third kappa shape index (κ3) is 3.43. The van der Waals surface area contributed by atoms with Crippen LogP contribution in [0, 0.1) is 6.92 Å². The van der Waals surface area contributed by atoms with E-state index in [1.165, 1.54) is 5.56 Å². The summed E-state index contributed by atoms with van der Waals surface area (Å²) in [6.07, 6.45) is 0. The number of carboxylic acid groups (broad SMARTS) is 1. The van der Waals surface area contributed by atoms with Crippen molar-refractivity contribution in [2.45, 2.75) is 17.6 Å². The maximum atomic E-state index is 11.4. The van der Waals surface area contributed by atoms with E-state index < -0.39 is 5.97 Å². The van der Waals surface area contributed by atoms with Gasteiger partial charge in [-0.25, -0.2) is 9.48 Å². The highest BCUT2D eigenvalue weighted by molar-refractivity contribution is 7.98. The molecule has 5 nitrogen and oxygen atoms in total. The van der Waals surface area contributed by atoms with Gasteiger partial charge in [0.2, 0.25) is 0 Å². The van der Waals surface area contributed by atoms with Crippen molar-refractivity contribution in [2.24, 2.45) is 0 Å². The number of thioether (sulfide) groups is 1. The molecule has 0 fully saturated rings. The Labute approximate surface area is 138 Å². The molecule has 0 atom stereocenters. The number of carbonyl (C=O) groups is 1. The van der Waals surface area contributed by atoms with E-state index in [0.717, 1.165) is 10.6 Å². The van der Waals surface area contributed by atoms with E-state index >= 15 is 0 Å². The highest BCUT2D eigenvalue weighted by Gasteiger charge is 2.19. The molecule has 0 saturated carbocycles. The number of rotatable bonds is 5. The third-order valence-electron chi connectivity index (χ3n) is 3.36. The summed E-state index contributed by atoms with van der Waals surface area (Å²) in [6.45, 7) is 2.03. The zero-order valence-electron chi connectivity index (χ0n) is 12.5. The van der Waals surface area contributed by atoms with Crippen molar-refractivity contribution in [1.82, 2.24) is 15.0 Å². The Balaban J connectivity index is 1.91. The fraction of sp³-hybridized carbons (Fsp3) is 0.118. The number of aryl methyl sites for hydroxylation is 1. The molecule has 0 spiro atoms. The van der Waals surface area contributed by atoms with Crippen molar-refractivity contribution in [3.63, 3.8) is 0 Å². The summed E-state index contributed by atoms with van der Waals surface area (Å²) in [4.78, 5) is 12.5. The van der Waals surface area contributed by atoms with Crippen LogP contribution in [0.25, 0.3) is 5.69 Å². The van der Waals surface area contributed by atoms with Gasteiger partial charge in [-0.3, -0.25) is 0 Å². The van der Waals surface area contributed by atoms with Crippen molar-refractivity contribution >= 4 is 17.7 Å². The predicted octanol–water partition coefficient (Wildman–Crippen LogP) is 3.57. The predicted molar refractivity (Wildman–Crippen MR) is 89.1 cm³/mol. The molecule has 0 amide bonds. The van der Waals surface area contributed by atoms with Gasteiger partial charge in [0.1, 0.15) is 0 Å². The Kier molecular flexibility index (Phi) is 4.43. The van der Waals surface area contributed by atoms with Crippen LogP contribution in [0.1, 0.15) is 21.7 Å². The number of carboxylic acids is 1. The molecule has 1 N–H and O–H groups in total. The van der Waals surface area contributed by atoms with E-state index in [4.69, 9.17) is 0 Å². The lowest BCUT2D eigenvalue weighted by molar-refractivity contribution is 0.0689. The van der Waals surface area contributed by atoms with Crippen LogP contribution in [-0.4, -0.2) is 26.1 Å². The van der Waals surface area contributed by atoms with E-state index in [-0.39, 0.29) is 5.69 Å². The molecule has 2 aromatic carbocycles. The first-order valence-corrected chi connectivity index (χ1v) is 8.06. The molecule has 0 aliphatic rings. The van der Waals surface area contributed by atoms with Gasteiger partial charge in [0.05, 0.1) is 11.4 Å². The van der Waals surface area contributed by atoms with Gasteiger partial charge in [0, 0.05) is 10.6 Å². The van der Waals surface area contributed by atoms with Gasteiger partial charge in [0.15, 0.2) is 5.69 Å². The van der Waals surface area contributed by atoms with Crippen LogP contribution in [0.3, 0.4) is 0 Å². The second kappa shape index (κ2) is 6.66. The lowest BCUT2D eigenvalue weighted by atomic mass is 10.2. The first kappa shape index (κ1) is 15.3. The number of nitrogens with zero attached hydrogens (tertiary/aromatic N) is 3. The van der Waals surface area contributed by atoms with E-state index in [1.54, 1.807) is 16.4 Å². The summed E-state index contributed by atoms with van der Waals surface area (Å²) < 4.78 is 1.59. The summed E-state index contributed by atoms with van der Waals surface area (Å²) in [5, 5.41) is 17.2. The number of aromatic carboxylic acids is 1. The zero-order valence-corrected chi connectivity index (χ0v) is 13.3. The molecule has 0 saturated heterocycles. The van der Waals surface area contributed by atoms with Gasteiger partial charge in [-0.2, -0.15) is 0 Å². The topological polar surface area (TPSA) is 68.0 Å². The van der Waals surface area contributed by atoms with Crippen LogP contribution >= 0.6 is 11.8 Å². The zero-order chi connectivity index (χ0) is 16.2. The van der Waals surface area contributed by atoms with E-state index in [0.29, 0.717) is 11.4 Å². The van der Waals surface area contributed by atoms with Crippen molar-refractivity contribution in [3.05, 3.63) is 71.5 Å². The SMILES string of the molecule is Cc1ccc(SCc2c(C(=O)O)nnn2-c2ccccc2)cc1. The summed E-state index contributed by atoms with van der Waals surface area (Å²) in [5.41, 5.74) is 2.56. The molecule has 1 heterocycles. The van der Waals surface area contributed by atoms with Crippen LogP contribution in [0.4, 0.5) is 0 Å². The first-order valence-electron chi connectivity index (χ1n) is 7.08.